The fraction of sp³-hybridized carbons (Fsp3) is 0.571. The van der Waals surface area contributed by atoms with Crippen molar-refractivity contribution in [2.24, 2.45) is 5.41 Å². The van der Waals surface area contributed by atoms with Crippen LogP contribution < -0.4 is 0 Å². The van der Waals surface area contributed by atoms with Crippen molar-refractivity contribution in [3.63, 3.8) is 0 Å². The van der Waals surface area contributed by atoms with Gasteiger partial charge in [-0.1, -0.05) is 53.5 Å². The van der Waals surface area contributed by atoms with Crippen LogP contribution in [0.2, 0.25) is 0 Å². The SMILES string of the molecule is CCC(C)(CBr)Cc1cc(C)ccc1C. The first kappa shape index (κ1) is 12.8. The molecule has 0 aromatic heterocycles. The third-order valence-corrected chi connectivity index (χ3v) is 4.65. The largest absolute Gasteiger partial charge is 0.0922 e. The first-order chi connectivity index (χ1) is 7.00. The molecule has 0 amide bonds. The van der Waals surface area contributed by atoms with Gasteiger partial charge in [0.05, 0.1) is 0 Å². The lowest BCUT2D eigenvalue weighted by Gasteiger charge is -2.26. The van der Waals surface area contributed by atoms with Crippen molar-refractivity contribution in [3.05, 3.63) is 34.9 Å². The van der Waals surface area contributed by atoms with Gasteiger partial charge in [0.15, 0.2) is 0 Å². The van der Waals surface area contributed by atoms with Gasteiger partial charge in [-0.25, -0.2) is 0 Å². The molecule has 0 nitrogen and oxygen atoms in total. The standard InChI is InChI=1S/C14H21Br/c1-5-14(4,10-15)9-13-8-11(2)6-7-12(13)3/h6-8H,5,9-10H2,1-4H3. The first-order valence-electron chi connectivity index (χ1n) is 5.63. The smallest absolute Gasteiger partial charge is 0.00884 e. The fourth-order valence-electron chi connectivity index (χ4n) is 1.72. The first-order valence-corrected chi connectivity index (χ1v) is 6.75. The third-order valence-electron chi connectivity index (χ3n) is 3.30. The Kier molecular flexibility index (Phi) is 4.39. The molecule has 15 heavy (non-hydrogen) atoms. The zero-order valence-electron chi connectivity index (χ0n) is 10.2. The molecule has 1 atom stereocenters. The average molecular weight is 269 g/mol. The van der Waals surface area contributed by atoms with Crippen molar-refractivity contribution in [1.82, 2.24) is 0 Å². The Bertz CT molecular complexity index is 324. The van der Waals surface area contributed by atoms with Crippen molar-refractivity contribution in [2.45, 2.75) is 40.5 Å². The van der Waals surface area contributed by atoms with Crippen molar-refractivity contribution < 1.29 is 0 Å². The maximum absolute atomic E-state index is 3.63. The van der Waals surface area contributed by atoms with E-state index in [0.29, 0.717) is 5.41 Å². The van der Waals surface area contributed by atoms with E-state index >= 15 is 0 Å². The normalized spacial score (nSPS) is 15.0. The highest BCUT2D eigenvalue weighted by molar-refractivity contribution is 9.09. The second kappa shape index (κ2) is 5.16. The fourth-order valence-corrected chi connectivity index (χ4v) is 2.31. The number of aryl methyl sites for hydroxylation is 2. The highest BCUT2D eigenvalue weighted by Crippen LogP contribution is 2.30. The number of halogens is 1. The molecule has 0 fully saturated rings. The summed E-state index contributed by atoms with van der Waals surface area (Å²) < 4.78 is 0. The predicted octanol–water partition coefficient (Wildman–Crippen LogP) is 4.66. The summed E-state index contributed by atoms with van der Waals surface area (Å²) in [7, 11) is 0. The van der Waals surface area contributed by atoms with Gasteiger partial charge in [-0.2, -0.15) is 0 Å². The summed E-state index contributed by atoms with van der Waals surface area (Å²) in [5, 5.41) is 1.07. The van der Waals surface area contributed by atoms with Crippen LogP contribution in [0.5, 0.6) is 0 Å². The molecule has 1 rings (SSSR count). The van der Waals surface area contributed by atoms with Gasteiger partial charge < -0.3 is 0 Å². The van der Waals surface area contributed by atoms with Gasteiger partial charge in [-0.15, -0.1) is 0 Å². The maximum atomic E-state index is 3.63. The maximum Gasteiger partial charge on any atom is 0.00884 e. The van der Waals surface area contributed by atoms with Crippen LogP contribution in [0.15, 0.2) is 18.2 Å². The van der Waals surface area contributed by atoms with Gasteiger partial charge in [0.25, 0.3) is 0 Å². The minimum atomic E-state index is 0.387. The zero-order valence-corrected chi connectivity index (χ0v) is 11.8. The van der Waals surface area contributed by atoms with E-state index in [-0.39, 0.29) is 0 Å². The van der Waals surface area contributed by atoms with Gasteiger partial charge in [-0.3, -0.25) is 0 Å². The number of rotatable bonds is 4. The van der Waals surface area contributed by atoms with E-state index in [0.717, 1.165) is 5.33 Å². The molecule has 0 spiro atoms. The third kappa shape index (κ3) is 3.34. The molecular weight excluding hydrogens is 248 g/mol. The highest BCUT2D eigenvalue weighted by atomic mass is 79.9. The molecule has 0 saturated heterocycles. The molecule has 1 unspecified atom stereocenters. The minimum Gasteiger partial charge on any atom is -0.0922 e. The van der Waals surface area contributed by atoms with Gasteiger partial charge in [0.1, 0.15) is 0 Å². The Labute approximate surface area is 102 Å². The van der Waals surface area contributed by atoms with Crippen LogP contribution in [0.1, 0.15) is 37.0 Å². The van der Waals surface area contributed by atoms with E-state index in [1.807, 2.05) is 0 Å². The molecule has 0 N–H and O–H groups in total. The quantitative estimate of drug-likeness (QED) is 0.697. The minimum absolute atomic E-state index is 0.387. The number of hydrogen-bond acceptors (Lipinski definition) is 0. The van der Waals surface area contributed by atoms with Crippen molar-refractivity contribution in [1.29, 1.82) is 0 Å². The van der Waals surface area contributed by atoms with Gasteiger partial charge in [0, 0.05) is 5.33 Å². The summed E-state index contributed by atoms with van der Waals surface area (Å²) in [5.74, 6) is 0. The Hall–Kier alpha value is -0.300. The Morgan fingerprint density at radius 2 is 1.93 bits per heavy atom. The summed E-state index contributed by atoms with van der Waals surface area (Å²) in [6.07, 6.45) is 2.38. The molecule has 0 aliphatic carbocycles. The summed E-state index contributed by atoms with van der Waals surface area (Å²) in [6, 6.07) is 6.75. The van der Waals surface area contributed by atoms with Crippen LogP contribution >= 0.6 is 15.9 Å². The van der Waals surface area contributed by atoms with E-state index < -0.39 is 0 Å². The molecular formula is C14H21Br. The summed E-state index contributed by atoms with van der Waals surface area (Å²) in [6.45, 7) is 9.00. The average Bonchev–Trinajstić information content (AvgIpc) is 2.23. The second-order valence-electron chi connectivity index (χ2n) is 4.90. The van der Waals surface area contributed by atoms with Crippen LogP contribution in [-0.4, -0.2) is 5.33 Å². The van der Waals surface area contributed by atoms with Crippen LogP contribution in [0.4, 0.5) is 0 Å². The molecule has 0 heterocycles. The molecule has 0 saturated carbocycles. The molecule has 1 heteroatoms. The van der Waals surface area contributed by atoms with Crippen molar-refractivity contribution in [3.8, 4) is 0 Å². The van der Waals surface area contributed by atoms with Crippen LogP contribution in [0.25, 0.3) is 0 Å². The Morgan fingerprint density at radius 1 is 1.27 bits per heavy atom. The molecule has 0 aliphatic heterocycles. The van der Waals surface area contributed by atoms with Gasteiger partial charge >= 0.3 is 0 Å². The van der Waals surface area contributed by atoms with Crippen LogP contribution in [0.3, 0.4) is 0 Å². The molecule has 1 aromatic rings. The number of alkyl halides is 1. The van der Waals surface area contributed by atoms with Gasteiger partial charge in [-0.05, 0) is 43.2 Å². The Balaban J connectivity index is 2.92. The number of benzene rings is 1. The lowest BCUT2D eigenvalue weighted by atomic mass is 9.82. The second-order valence-corrected chi connectivity index (χ2v) is 5.47. The Morgan fingerprint density at radius 3 is 2.47 bits per heavy atom. The van der Waals surface area contributed by atoms with E-state index in [2.05, 4.69) is 61.8 Å². The summed E-state index contributed by atoms with van der Waals surface area (Å²) >= 11 is 3.63. The highest BCUT2D eigenvalue weighted by Gasteiger charge is 2.21. The number of hydrogen-bond donors (Lipinski definition) is 0. The zero-order chi connectivity index (χ0) is 11.5. The van der Waals surface area contributed by atoms with Crippen LogP contribution in [-0.2, 0) is 6.42 Å². The van der Waals surface area contributed by atoms with E-state index in [1.165, 1.54) is 29.5 Å². The molecule has 0 aliphatic rings. The summed E-state index contributed by atoms with van der Waals surface area (Å²) in [4.78, 5) is 0. The molecule has 0 radical (unpaired) electrons. The monoisotopic (exact) mass is 268 g/mol. The van der Waals surface area contributed by atoms with Crippen molar-refractivity contribution >= 4 is 15.9 Å². The van der Waals surface area contributed by atoms with Crippen LogP contribution in [0, 0.1) is 19.3 Å². The summed E-state index contributed by atoms with van der Waals surface area (Å²) in [5.41, 5.74) is 4.67. The lowest BCUT2D eigenvalue weighted by Crippen LogP contribution is -2.20. The predicted molar refractivity (Wildman–Crippen MR) is 71.8 cm³/mol. The van der Waals surface area contributed by atoms with Crippen molar-refractivity contribution in [2.75, 3.05) is 5.33 Å². The molecule has 84 valence electrons. The topological polar surface area (TPSA) is 0 Å². The van der Waals surface area contributed by atoms with E-state index in [1.54, 1.807) is 0 Å². The molecule has 0 bridgehead atoms. The molecule has 1 aromatic carbocycles. The van der Waals surface area contributed by atoms with E-state index in [9.17, 15) is 0 Å². The lowest BCUT2D eigenvalue weighted by molar-refractivity contribution is 0.360. The van der Waals surface area contributed by atoms with Gasteiger partial charge in [0.2, 0.25) is 0 Å². The van der Waals surface area contributed by atoms with E-state index in [4.69, 9.17) is 0 Å².